The van der Waals surface area contributed by atoms with Gasteiger partial charge in [-0.25, -0.2) is 4.98 Å². The molecule has 4 aromatic heterocycles. The Bertz CT molecular complexity index is 2810. The summed E-state index contributed by atoms with van der Waals surface area (Å²) in [6.07, 6.45) is 0. The highest BCUT2D eigenvalue weighted by Crippen LogP contribution is 2.47. The van der Waals surface area contributed by atoms with Crippen LogP contribution in [0.15, 0.2) is 115 Å². The third-order valence-electron chi connectivity index (χ3n) is 8.82. The predicted octanol–water partition coefficient (Wildman–Crippen LogP) is 9.58. The summed E-state index contributed by atoms with van der Waals surface area (Å²) >= 11 is 0. The van der Waals surface area contributed by atoms with Crippen molar-refractivity contribution in [3.63, 3.8) is 0 Å². The second-order valence-corrected chi connectivity index (χ2v) is 10.9. The van der Waals surface area contributed by atoms with Crippen molar-refractivity contribution in [1.29, 1.82) is 0 Å². The number of nitrogens with zero attached hydrogens (tertiary/aromatic N) is 5. The first-order valence-corrected chi connectivity index (χ1v) is 14.0. The fourth-order valence-electron chi connectivity index (χ4n) is 7.13. The van der Waals surface area contributed by atoms with Crippen LogP contribution in [0.1, 0.15) is 0 Å². The van der Waals surface area contributed by atoms with E-state index >= 15 is 0 Å². The van der Waals surface area contributed by atoms with Crippen LogP contribution in [0.4, 0.5) is 5.82 Å². The van der Waals surface area contributed by atoms with E-state index in [1.807, 2.05) is 24.3 Å². The molecule has 0 N–H and O–H groups in total. The van der Waals surface area contributed by atoms with Crippen molar-refractivity contribution in [3.05, 3.63) is 127 Å². The summed E-state index contributed by atoms with van der Waals surface area (Å²) in [5.74, 6) is 0.848. The van der Waals surface area contributed by atoms with Gasteiger partial charge in [0.15, 0.2) is 11.3 Å². The molecule has 10 aromatic rings. The average Bonchev–Trinajstić information content (AvgIpc) is 3.67. The van der Waals surface area contributed by atoms with E-state index < -0.39 is 0 Å². The molecule has 10 rings (SSSR count). The lowest BCUT2D eigenvalue weighted by Crippen LogP contribution is -2.00. The Morgan fingerprint density at radius 2 is 1.17 bits per heavy atom. The number of hydrogen-bond donors (Lipinski definition) is 0. The zero-order chi connectivity index (χ0) is 27.5. The van der Waals surface area contributed by atoms with Crippen molar-refractivity contribution in [1.82, 2.24) is 18.9 Å². The number of rotatable bonds is 1. The standard InChI is InChI=1S/C37H19N5/c1-38-36-37(40-28-15-7-6-14-27(28)39-36)42-31-19-22-11-3-2-10-21(22)18-26(31)33-32(42)20-25-23-12-4-8-16-29(23)41-30-17-9-5-13-24(30)34(33)35(25)41/h2-20H. The van der Waals surface area contributed by atoms with Crippen LogP contribution in [0, 0.1) is 6.57 Å². The van der Waals surface area contributed by atoms with E-state index in [-0.39, 0.29) is 0 Å². The molecule has 4 heterocycles. The molecule has 0 amide bonds. The minimum atomic E-state index is 0.292. The minimum Gasteiger partial charge on any atom is -0.358 e. The second-order valence-electron chi connectivity index (χ2n) is 10.9. The van der Waals surface area contributed by atoms with Crippen LogP contribution < -0.4 is 0 Å². The number of fused-ring (bicyclic) bond motifs is 12. The van der Waals surface area contributed by atoms with Crippen molar-refractivity contribution in [3.8, 4) is 5.82 Å². The van der Waals surface area contributed by atoms with Gasteiger partial charge in [0.05, 0.1) is 27.6 Å². The van der Waals surface area contributed by atoms with E-state index in [4.69, 9.17) is 16.5 Å². The second kappa shape index (κ2) is 7.60. The smallest absolute Gasteiger partial charge is 0.313 e. The van der Waals surface area contributed by atoms with Crippen LogP contribution in [-0.2, 0) is 0 Å². The molecule has 5 nitrogen and oxygen atoms in total. The highest BCUT2D eigenvalue weighted by Gasteiger charge is 2.26. The highest BCUT2D eigenvalue weighted by atomic mass is 15.1. The number of para-hydroxylation sites is 4. The van der Waals surface area contributed by atoms with E-state index in [9.17, 15) is 0 Å². The lowest BCUT2D eigenvalue weighted by Gasteiger charge is -2.10. The fourth-order valence-corrected chi connectivity index (χ4v) is 7.13. The zero-order valence-corrected chi connectivity index (χ0v) is 22.2. The van der Waals surface area contributed by atoms with Gasteiger partial charge in [-0.05, 0) is 53.2 Å². The lowest BCUT2D eigenvalue weighted by atomic mass is 10.0. The summed E-state index contributed by atoms with van der Waals surface area (Å²) in [7, 11) is 0. The molecule has 0 radical (unpaired) electrons. The van der Waals surface area contributed by atoms with Gasteiger partial charge in [0.2, 0.25) is 0 Å². The Kier molecular flexibility index (Phi) is 3.94. The minimum absolute atomic E-state index is 0.292. The maximum atomic E-state index is 8.11. The first kappa shape index (κ1) is 21.8. The van der Waals surface area contributed by atoms with Gasteiger partial charge in [-0.15, -0.1) is 4.98 Å². The van der Waals surface area contributed by atoms with E-state index in [1.165, 1.54) is 48.9 Å². The molecular formula is C37H19N5. The van der Waals surface area contributed by atoms with Crippen LogP contribution in [0.2, 0.25) is 0 Å². The molecule has 0 aliphatic rings. The molecule has 192 valence electrons. The number of hydrogen-bond acceptors (Lipinski definition) is 2. The maximum absolute atomic E-state index is 8.11. The molecular weight excluding hydrogens is 514 g/mol. The molecule has 0 atom stereocenters. The summed E-state index contributed by atoms with van der Waals surface area (Å²) in [5, 5.41) is 9.48. The maximum Gasteiger partial charge on any atom is 0.313 e. The lowest BCUT2D eigenvalue weighted by molar-refractivity contribution is 1.09. The molecule has 0 bridgehead atoms. The Balaban J connectivity index is 1.54. The largest absolute Gasteiger partial charge is 0.358 e. The molecule has 0 spiro atoms. The van der Waals surface area contributed by atoms with Crippen molar-refractivity contribution in [2.45, 2.75) is 0 Å². The van der Waals surface area contributed by atoms with E-state index in [0.29, 0.717) is 11.6 Å². The van der Waals surface area contributed by atoms with Crippen molar-refractivity contribution in [2.75, 3.05) is 0 Å². The van der Waals surface area contributed by atoms with Crippen molar-refractivity contribution in [2.24, 2.45) is 0 Å². The normalized spacial score (nSPS) is 12.3. The Labute approximate surface area is 238 Å². The van der Waals surface area contributed by atoms with E-state index in [1.54, 1.807) is 0 Å². The van der Waals surface area contributed by atoms with Crippen LogP contribution >= 0.6 is 0 Å². The third-order valence-corrected chi connectivity index (χ3v) is 8.82. The van der Waals surface area contributed by atoms with Gasteiger partial charge < -0.3 is 13.8 Å². The first-order chi connectivity index (χ1) is 20.8. The summed E-state index contributed by atoms with van der Waals surface area (Å²) in [6.45, 7) is 8.11. The van der Waals surface area contributed by atoms with Gasteiger partial charge in [-0.3, -0.25) is 0 Å². The van der Waals surface area contributed by atoms with Gasteiger partial charge in [-0.1, -0.05) is 79.4 Å². The molecule has 6 aromatic carbocycles. The number of benzene rings is 6. The van der Waals surface area contributed by atoms with Crippen LogP contribution in [0.5, 0.6) is 0 Å². The quantitative estimate of drug-likeness (QED) is 0.197. The molecule has 0 aliphatic carbocycles. The van der Waals surface area contributed by atoms with Gasteiger partial charge in [0, 0.05) is 32.3 Å². The molecule has 0 saturated carbocycles. The zero-order valence-electron chi connectivity index (χ0n) is 22.2. The van der Waals surface area contributed by atoms with Crippen LogP contribution in [0.3, 0.4) is 0 Å². The molecule has 0 saturated heterocycles. The fraction of sp³-hybridized carbons (Fsp3) is 0. The molecule has 0 unspecified atom stereocenters. The highest BCUT2D eigenvalue weighted by molar-refractivity contribution is 6.36. The van der Waals surface area contributed by atoms with Gasteiger partial charge in [-0.2, -0.15) is 0 Å². The molecule has 0 fully saturated rings. The molecule has 5 heteroatoms. The summed E-state index contributed by atoms with van der Waals surface area (Å²) < 4.78 is 4.59. The van der Waals surface area contributed by atoms with Crippen molar-refractivity contribution < 1.29 is 0 Å². The first-order valence-electron chi connectivity index (χ1n) is 14.0. The molecule has 0 aliphatic heterocycles. The van der Waals surface area contributed by atoms with E-state index in [2.05, 4.69) is 105 Å². The average molecular weight is 534 g/mol. The monoisotopic (exact) mass is 533 g/mol. The Hall–Kier alpha value is -5.99. The van der Waals surface area contributed by atoms with Gasteiger partial charge in [0.1, 0.15) is 5.52 Å². The molecule has 42 heavy (non-hydrogen) atoms. The van der Waals surface area contributed by atoms with Crippen molar-refractivity contribution >= 4 is 87.5 Å². The van der Waals surface area contributed by atoms with Gasteiger partial charge >= 0.3 is 5.82 Å². The van der Waals surface area contributed by atoms with Crippen LogP contribution in [0.25, 0.3) is 92.4 Å². The Morgan fingerprint density at radius 1 is 0.524 bits per heavy atom. The summed E-state index contributed by atoms with van der Waals surface area (Å²) in [4.78, 5) is 13.8. The van der Waals surface area contributed by atoms with E-state index in [0.717, 1.165) is 32.8 Å². The number of aromatic nitrogens is 4. The van der Waals surface area contributed by atoms with Crippen LogP contribution in [-0.4, -0.2) is 18.9 Å². The van der Waals surface area contributed by atoms with Gasteiger partial charge in [0.25, 0.3) is 0 Å². The summed E-state index contributed by atoms with van der Waals surface area (Å²) in [5.41, 5.74) is 7.14. The predicted molar refractivity (Wildman–Crippen MR) is 172 cm³/mol. The summed E-state index contributed by atoms with van der Waals surface area (Å²) in [6, 6.07) is 40.4. The Morgan fingerprint density at radius 3 is 1.95 bits per heavy atom. The SMILES string of the molecule is [C-]#[N+]c1nc2ccccc2nc1-n1c2cc3ccccc3cc2c2c3c4ccccc4n4c5ccccc5c(cc21)c34. The third kappa shape index (κ3) is 2.57. The topological polar surface area (TPSA) is 39.5 Å².